The van der Waals surface area contributed by atoms with E-state index in [1.54, 1.807) is 0 Å². The molecule has 2 aliphatic rings. The minimum atomic E-state index is 0.504. The van der Waals surface area contributed by atoms with E-state index in [1.807, 2.05) is 6.21 Å². The molecule has 0 saturated carbocycles. The zero-order valence-corrected chi connectivity index (χ0v) is 18.1. The molecular formula is C26H29ClN2. The maximum Gasteiger partial charge on any atom is 0.128 e. The first-order chi connectivity index (χ1) is 14.2. The molecule has 3 heteroatoms. The Morgan fingerprint density at radius 1 is 0.931 bits per heavy atom. The molecule has 1 fully saturated rings. The van der Waals surface area contributed by atoms with Gasteiger partial charge in [0.05, 0.1) is 0 Å². The van der Waals surface area contributed by atoms with Crippen LogP contribution in [0.3, 0.4) is 0 Å². The first kappa shape index (κ1) is 20.1. The molecule has 29 heavy (non-hydrogen) atoms. The molecule has 1 unspecified atom stereocenters. The number of hydrogen-bond acceptors (Lipinski definition) is 2. The highest BCUT2D eigenvalue weighted by atomic mass is 35.5. The fraction of sp³-hybridized carbons (Fsp3) is 0.346. The van der Waals surface area contributed by atoms with E-state index in [1.165, 1.54) is 53.8 Å². The van der Waals surface area contributed by atoms with Gasteiger partial charge in [0.15, 0.2) is 0 Å². The molecule has 2 aromatic carbocycles. The standard InChI is InChI=1S/C26H29ClN2/c1-3-20-6-15-25(18-28-26(20)27)24-13-11-23(12-14-24)22-9-7-21(8-10-22)19(2)29-16-4-5-17-29/h7-15,18-19H,3-6,16-17H2,1-2H3. The van der Waals surface area contributed by atoms with Gasteiger partial charge in [-0.15, -0.1) is 0 Å². The third-order valence-corrected chi connectivity index (χ3v) is 6.60. The highest BCUT2D eigenvalue weighted by Gasteiger charge is 2.19. The van der Waals surface area contributed by atoms with Crippen molar-refractivity contribution in [3.8, 4) is 11.1 Å². The summed E-state index contributed by atoms with van der Waals surface area (Å²) in [6.07, 6.45) is 8.57. The second-order valence-corrected chi connectivity index (χ2v) is 8.35. The van der Waals surface area contributed by atoms with E-state index in [0.717, 1.165) is 18.4 Å². The number of rotatable bonds is 5. The van der Waals surface area contributed by atoms with Crippen LogP contribution in [0.5, 0.6) is 0 Å². The van der Waals surface area contributed by atoms with E-state index in [9.17, 15) is 0 Å². The van der Waals surface area contributed by atoms with Crippen LogP contribution in [-0.4, -0.2) is 24.2 Å². The summed E-state index contributed by atoms with van der Waals surface area (Å²) >= 11 is 6.27. The third-order valence-electron chi connectivity index (χ3n) is 6.24. The lowest BCUT2D eigenvalue weighted by Crippen LogP contribution is -2.23. The normalized spacial score (nSPS) is 18.7. The van der Waals surface area contributed by atoms with Gasteiger partial charge in [-0.1, -0.05) is 73.1 Å². The van der Waals surface area contributed by atoms with Crippen molar-refractivity contribution in [2.24, 2.45) is 4.99 Å². The second-order valence-electron chi connectivity index (χ2n) is 7.99. The molecule has 0 N–H and O–H groups in total. The lowest BCUT2D eigenvalue weighted by molar-refractivity contribution is 0.263. The van der Waals surface area contributed by atoms with E-state index in [0.29, 0.717) is 11.2 Å². The van der Waals surface area contributed by atoms with E-state index in [4.69, 9.17) is 11.6 Å². The van der Waals surface area contributed by atoms with Crippen molar-refractivity contribution in [2.75, 3.05) is 13.1 Å². The fourth-order valence-corrected chi connectivity index (χ4v) is 4.48. The van der Waals surface area contributed by atoms with Crippen LogP contribution < -0.4 is 0 Å². The van der Waals surface area contributed by atoms with E-state index in [2.05, 4.69) is 78.3 Å². The van der Waals surface area contributed by atoms with E-state index < -0.39 is 0 Å². The SMILES string of the molecule is CCC1=C(Cl)N=CC(c2ccc(-c3ccc(C(C)N4CCCC4)cc3)cc2)=CC1. The molecule has 0 aliphatic carbocycles. The number of allylic oxidation sites excluding steroid dienone is 3. The Morgan fingerprint density at radius 2 is 1.52 bits per heavy atom. The van der Waals surface area contributed by atoms with Crippen LogP contribution >= 0.6 is 11.6 Å². The van der Waals surface area contributed by atoms with Gasteiger partial charge in [-0.25, -0.2) is 4.99 Å². The Labute approximate surface area is 179 Å². The number of likely N-dealkylation sites (tertiary alicyclic amines) is 1. The highest BCUT2D eigenvalue weighted by Crippen LogP contribution is 2.29. The fourth-order valence-electron chi connectivity index (χ4n) is 4.22. The van der Waals surface area contributed by atoms with Crippen LogP contribution in [0.4, 0.5) is 0 Å². The molecule has 150 valence electrons. The van der Waals surface area contributed by atoms with Crippen molar-refractivity contribution < 1.29 is 0 Å². The van der Waals surface area contributed by atoms with Gasteiger partial charge < -0.3 is 0 Å². The van der Waals surface area contributed by atoms with Gasteiger partial charge in [-0.05, 0) is 79.1 Å². The monoisotopic (exact) mass is 404 g/mol. The van der Waals surface area contributed by atoms with Crippen LogP contribution in [0.25, 0.3) is 16.7 Å². The molecule has 0 amide bonds. The largest absolute Gasteiger partial charge is 0.297 e. The first-order valence-electron chi connectivity index (χ1n) is 10.7. The van der Waals surface area contributed by atoms with Gasteiger partial charge >= 0.3 is 0 Å². The second kappa shape index (κ2) is 9.11. The minimum Gasteiger partial charge on any atom is -0.297 e. The summed E-state index contributed by atoms with van der Waals surface area (Å²) in [5.41, 5.74) is 7.41. The van der Waals surface area contributed by atoms with E-state index in [-0.39, 0.29) is 0 Å². The lowest BCUT2D eigenvalue weighted by Gasteiger charge is -2.24. The Kier molecular flexibility index (Phi) is 6.32. The van der Waals surface area contributed by atoms with Crippen molar-refractivity contribution in [1.29, 1.82) is 0 Å². The van der Waals surface area contributed by atoms with Crippen LogP contribution in [0.15, 0.2) is 70.3 Å². The summed E-state index contributed by atoms with van der Waals surface area (Å²) in [5, 5.41) is 0.638. The smallest absolute Gasteiger partial charge is 0.128 e. The number of aliphatic imine (C=N–C) groups is 1. The van der Waals surface area contributed by atoms with Gasteiger partial charge in [-0.2, -0.15) is 0 Å². The van der Waals surface area contributed by atoms with Crippen molar-refractivity contribution in [2.45, 2.75) is 45.6 Å². The molecule has 4 rings (SSSR count). The zero-order valence-electron chi connectivity index (χ0n) is 17.4. The topological polar surface area (TPSA) is 15.6 Å². The molecule has 2 aromatic rings. The molecule has 0 radical (unpaired) electrons. The van der Waals surface area contributed by atoms with Crippen molar-refractivity contribution in [3.63, 3.8) is 0 Å². The van der Waals surface area contributed by atoms with Gasteiger partial charge in [0.1, 0.15) is 5.16 Å². The Morgan fingerprint density at radius 3 is 2.14 bits per heavy atom. The molecule has 0 bridgehead atoms. The molecular weight excluding hydrogens is 376 g/mol. The van der Waals surface area contributed by atoms with Crippen LogP contribution in [-0.2, 0) is 0 Å². The average Bonchev–Trinajstić information content (AvgIpc) is 3.24. The summed E-state index contributed by atoms with van der Waals surface area (Å²) in [6, 6.07) is 18.3. The molecule has 1 saturated heterocycles. The predicted molar refractivity (Wildman–Crippen MR) is 125 cm³/mol. The molecule has 2 heterocycles. The molecule has 1 atom stereocenters. The zero-order chi connectivity index (χ0) is 20.2. The van der Waals surface area contributed by atoms with Crippen LogP contribution in [0.1, 0.15) is 56.7 Å². The predicted octanol–water partition coefficient (Wildman–Crippen LogP) is 7.23. The Hall–Kier alpha value is -2.16. The minimum absolute atomic E-state index is 0.504. The Bertz CT molecular complexity index is 930. The summed E-state index contributed by atoms with van der Waals surface area (Å²) in [4.78, 5) is 7.00. The molecule has 2 aliphatic heterocycles. The third kappa shape index (κ3) is 4.55. The van der Waals surface area contributed by atoms with Crippen molar-refractivity contribution in [3.05, 3.63) is 76.5 Å². The summed E-state index contributed by atoms with van der Waals surface area (Å²) in [5.74, 6) is 0. The molecule has 0 aromatic heterocycles. The summed E-state index contributed by atoms with van der Waals surface area (Å²) in [7, 11) is 0. The van der Waals surface area contributed by atoms with Gasteiger partial charge in [0.25, 0.3) is 0 Å². The van der Waals surface area contributed by atoms with E-state index >= 15 is 0 Å². The lowest BCUT2D eigenvalue weighted by atomic mass is 9.98. The first-order valence-corrected chi connectivity index (χ1v) is 11.1. The maximum absolute atomic E-state index is 6.27. The highest BCUT2D eigenvalue weighted by molar-refractivity contribution is 6.31. The van der Waals surface area contributed by atoms with Crippen LogP contribution in [0, 0.1) is 0 Å². The maximum atomic E-state index is 6.27. The number of benzene rings is 2. The van der Waals surface area contributed by atoms with Crippen molar-refractivity contribution in [1.82, 2.24) is 4.90 Å². The number of halogens is 1. The van der Waals surface area contributed by atoms with Gasteiger partial charge in [0.2, 0.25) is 0 Å². The summed E-state index contributed by atoms with van der Waals surface area (Å²) in [6.45, 7) is 6.90. The average molecular weight is 405 g/mol. The number of hydrogen-bond donors (Lipinski definition) is 0. The molecule has 2 nitrogen and oxygen atoms in total. The van der Waals surface area contributed by atoms with Gasteiger partial charge in [-0.3, -0.25) is 4.90 Å². The van der Waals surface area contributed by atoms with Crippen LogP contribution in [0.2, 0.25) is 0 Å². The Balaban J connectivity index is 1.48. The summed E-state index contributed by atoms with van der Waals surface area (Å²) < 4.78 is 0. The van der Waals surface area contributed by atoms with Crippen molar-refractivity contribution >= 4 is 23.4 Å². The quantitative estimate of drug-likeness (QED) is 0.480. The number of nitrogens with zero attached hydrogens (tertiary/aromatic N) is 2. The van der Waals surface area contributed by atoms with Gasteiger partial charge in [0, 0.05) is 12.3 Å². The molecule has 0 spiro atoms.